The zero-order chi connectivity index (χ0) is 13.9. The highest BCUT2D eigenvalue weighted by atomic mass is 35.5. The third-order valence-corrected chi connectivity index (χ3v) is 4.47. The summed E-state index contributed by atoms with van der Waals surface area (Å²) in [4.78, 5) is -0.313. The van der Waals surface area contributed by atoms with E-state index in [1.165, 1.54) is 6.07 Å². The summed E-state index contributed by atoms with van der Waals surface area (Å²) in [6.45, 7) is 1.72. The van der Waals surface area contributed by atoms with Crippen molar-refractivity contribution in [2.24, 2.45) is 5.73 Å². The van der Waals surface area contributed by atoms with E-state index >= 15 is 0 Å². The summed E-state index contributed by atoms with van der Waals surface area (Å²) in [7, 11) is -3.96. The van der Waals surface area contributed by atoms with E-state index in [0.29, 0.717) is 6.42 Å². The fraction of sp³-hybridized carbons (Fsp3) is 0.300. The molecular formula is C10H12ClFN2O2S2. The standard InChI is InChI=1S/C10H12ClFN2O2S2/c1-2-8(10(13)17)14-18(15,16)9-5-6(12)3-4-7(9)11/h3-5,8,14H,2H2,1H3,(H2,13,17). The lowest BCUT2D eigenvalue weighted by atomic mass is 10.2. The summed E-state index contributed by atoms with van der Waals surface area (Å²) in [5.41, 5.74) is 5.40. The van der Waals surface area contributed by atoms with Crippen LogP contribution in [0, 0.1) is 5.82 Å². The second kappa shape index (κ2) is 5.92. The van der Waals surface area contributed by atoms with Gasteiger partial charge in [-0.1, -0.05) is 30.7 Å². The smallest absolute Gasteiger partial charge is 0.242 e. The lowest BCUT2D eigenvalue weighted by molar-refractivity contribution is 0.569. The van der Waals surface area contributed by atoms with E-state index in [1.54, 1.807) is 6.92 Å². The SMILES string of the molecule is CCC(NS(=O)(=O)c1cc(F)ccc1Cl)C(N)=S. The largest absolute Gasteiger partial charge is 0.392 e. The highest BCUT2D eigenvalue weighted by Crippen LogP contribution is 2.22. The van der Waals surface area contributed by atoms with Gasteiger partial charge in [0.15, 0.2) is 0 Å². The summed E-state index contributed by atoms with van der Waals surface area (Å²) in [6, 6.07) is 2.40. The molecule has 0 aliphatic carbocycles. The van der Waals surface area contributed by atoms with Crippen LogP contribution in [0.4, 0.5) is 4.39 Å². The first-order valence-electron chi connectivity index (χ1n) is 5.04. The van der Waals surface area contributed by atoms with Gasteiger partial charge in [0.05, 0.1) is 16.1 Å². The van der Waals surface area contributed by atoms with Crippen LogP contribution >= 0.6 is 23.8 Å². The van der Waals surface area contributed by atoms with Gasteiger partial charge in [-0.05, 0) is 24.6 Å². The second-order valence-electron chi connectivity index (χ2n) is 3.56. The highest BCUT2D eigenvalue weighted by molar-refractivity contribution is 7.89. The number of rotatable bonds is 5. The van der Waals surface area contributed by atoms with Crippen LogP contribution in [0.1, 0.15) is 13.3 Å². The molecule has 0 bridgehead atoms. The van der Waals surface area contributed by atoms with Crippen molar-refractivity contribution in [3.8, 4) is 0 Å². The predicted octanol–water partition coefficient (Wildman–Crippen LogP) is 1.82. The molecule has 0 saturated heterocycles. The summed E-state index contributed by atoms with van der Waals surface area (Å²) in [5.74, 6) is -0.692. The zero-order valence-electron chi connectivity index (χ0n) is 9.48. The van der Waals surface area contributed by atoms with Crippen molar-refractivity contribution in [2.45, 2.75) is 24.3 Å². The zero-order valence-corrected chi connectivity index (χ0v) is 11.9. The molecule has 0 saturated carbocycles. The molecular weight excluding hydrogens is 299 g/mol. The molecule has 1 aromatic carbocycles. The van der Waals surface area contributed by atoms with Crippen LogP contribution in [0.15, 0.2) is 23.1 Å². The van der Waals surface area contributed by atoms with E-state index in [-0.39, 0.29) is 14.9 Å². The van der Waals surface area contributed by atoms with E-state index < -0.39 is 21.9 Å². The summed E-state index contributed by atoms with van der Waals surface area (Å²) in [5, 5.41) is -0.0679. The Morgan fingerprint density at radius 1 is 1.61 bits per heavy atom. The van der Waals surface area contributed by atoms with Gasteiger partial charge in [0.25, 0.3) is 0 Å². The van der Waals surface area contributed by atoms with Gasteiger partial charge in [-0.15, -0.1) is 0 Å². The van der Waals surface area contributed by atoms with Crippen LogP contribution in [0.3, 0.4) is 0 Å². The predicted molar refractivity (Wildman–Crippen MR) is 72.6 cm³/mol. The maximum absolute atomic E-state index is 13.1. The minimum absolute atomic E-state index is 0.0219. The second-order valence-corrected chi connectivity index (χ2v) is 6.12. The van der Waals surface area contributed by atoms with Gasteiger partial charge >= 0.3 is 0 Å². The first kappa shape index (κ1) is 15.3. The van der Waals surface area contributed by atoms with Gasteiger partial charge in [-0.2, -0.15) is 0 Å². The number of halogens is 2. The van der Waals surface area contributed by atoms with E-state index in [0.717, 1.165) is 12.1 Å². The van der Waals surface area contributed by atoms with Crippen LogP contribution in [0.25, 0.3) is 0 Å². The fourth-order valence-electron chi connectivity index (χ4n) is 1.28. The Morgan fingerprint density at radius 2 is 2.22 bits per heavy atom. The van der Waals surface area contributed by atoms with Crippen molar-refractivity contribution in [3.05, 3.63) is 29.0 Å². The van der Waals surface area contributed by atoms with Crippen molar-refractivity contribution in [1.29, 1.82) is 0 Å². The topological polar surface area (TPSA) is 72.2 Å². The van der Waals surface area contributed by atoms with Crippen LogP contribution < -0.4 is 10.5 Å². The first-order chi connectivity index (χ1) is 8.27. The van der Waals surface area contributed by atoms with E-state index in [1.807, 2.05) is 0 Å². The molecule has 0 spiro atoms. The normalized spacial score (nSPS) is 13.3. The van der Waals surface area contributed by atoms with Crippen LogP contribution in [-0.2, 0) is 10.0 Å². The molecule has 8 heteroatoms. The Balaban J connectivity index is 3.14. The highest BCUT2D eigenvalue weighted by Gasteiger charge is 2.23. The van der Waals surface area contributed by atoms with Crippen molar-refractivity contribution in [3.63, 3.8) is 0 Å². The first-order valence-corrected chi connectivity index (χ1v) is 7.31. The fourth-order valence-corrected chi connectivity index (χ4v) is 3.39. The Morgan fingerprint density at radius 3 is 2.72 bits per heavy atom. The average molecular weight is 311 g/mol. The number of nitrogens with one attached hydrogen (secondary N) is 1. The quantitative estimate of drug-likeness (QED) is 0.814. The molecule has 0 heterocycles. The molecule has 100 valence electrons. The molecule has 0 fully saturated rings. The molecule has 0 aromatic heterocycles. The van der Waals surface area contributed by atoms with Crippen LogP contribution in [0.5, 0.6) is 0 Å². The third kappa shape index (κ3) is 3.61. The monoisotopic (exact) mass is 310 g/mol. The van der Waals surface area contributed by atoms with E-state index in [9.17, 15) is 12.8 Å². The molecule has 18 heavy (non-hydrogen) atoms. The Labute approximate surface area is 115 Å². The molecule has 4 nitrogen and oxygen atoms in total. The Kier molecular flexibility index (Phi) is 5.03. The van der Waals surface area contributed by atoms with Crippen molar-refractivity contribution < 1.29 is 12.8 Å². The molecule has 1 atom stereocenters. The summed E-state index contributed by atoms with van der Waals surface area (Å²) in [6.07, 6.45) is 0.390. The van der Waals surface area contributed by atoms with Gasteiger partial charge in [0.2, 0.25) is 10.0 Å². The van der Waals surface area contributed by atoms with Crippen LogP contribution in [0.2, 0.25) is 5.02 Å². The van der Waals surface area contributed by atoms with E-state index in [4.69, 9.17) is 29.6 Å². The maximum atomic E-state index is 13.1. The number of hydrogen-bond acceptors (Lipinski definition) is 3. The van der Waals surface area contributed by atoms with Gasteiger partial charge in [0, 0.05) is 0 Å². The maximum Gasteiger partial charge on any atom is 0.242 e. The average Bonchev–Trinajstić information content (AvgIpc) is 2.28. The van der Waals surface area contributed by atoms with Crippen molar-refractivity contribution in [2.75, 3.05) is 0 Å². The Hall–Kier alpha value is -0.760. The van der Waals surface area contributed by atoms with Gasteiger partial charge in [-0.25, -0.2) is 17.5 Å². The lowest BCUT2D eigenvalue weighted by Crippen LogP contribution is -2.43. The number of nitrogens with two attached hydrogens (primary N) is 1. The molecule has 0 amide bonds. The molecule has 1 unspecified atom stereocenters. The number of benzene rings is 1. The molecule has 3 N–H and O–H groups in total. The number of thiocarbonyl (C=S) groups is 1. The summed E-state index contributed by atoms with van der Waals surface area (Å²) < 4.78 is 39.3. The molecule has 0 aliphatic rings. The Bertz CT molecular complexity index is 563. The lowest BCUT2D eigenvalue weighted by Gasteiger charge is -2.16. The molecule has 1 aromatic rings. The van der Waals surface area contributed by atoms with Gasteiger partial charge in [0.1, 0.15) is 10.7 Å². The summed E-state index contributed by atoms with van der Waals surface area (Å²) >= 11 is 10.5. The van der Waals surface area contributed by atoms with Crippen molar-refractivity contribution in [1.82, 2.24) is 4.72 Å². The number of hydrogen-bond donors (Lipinski definition) is 2. The minimum Gasteiger partial charge on any atom is -0.392 e. The number of sulfonamides is 1. The molecule has 1 rings (SSSR count). The van der Waals surface area contributed by atoms with E-state index in [2.05, 4.69) is 4.72 Å². The van der Waals surface area contributed by atoms with Crippen LogP contribution in [-0.4, -0.2) is 19.4 Å². The third-order valence-electron chi connectivity index (χ3n) is 2.23. The van der Waals surface area contributed by atoms with Gasteiger partial charge < -0.3 is 5.73 Å². The van der Waals surface area contributed by atoms with Crippen molar-refractivity contribution >= 4 is 38.8 Å². The minimum atomic E-state index is -3.96. The molecule has 0 aliphatic heterocycles. The van der Waals surface area contributed by atoms with Gasteiger partial charge in [-0.3, -0.25) is 0 Å². The molecule has 0 radical (unpaired) electrons.